The SMILES string of the molecule is CC(Oc1ccc(Cl)cc1Cl)C(=O)N1CCC(C(=O)NC2CC2)CC1. The van der Waals surface area contributed by atoms with E-state index < -0.39 is 6.10 Å². The van der Waals surface area contributed by atoms with Crippen LogP contribution in [0.3, 0.4) is 0 Å². The molecule has 0 bridgehead atoms. The van der Waals surface area contributed by atoms with Crippen LogP contribution < -0.4 is 10.1 Å². The lowest BCUT2D eigenvalue weighted by atomic mass is 9.95. The standard InChI is InChI=1S/C18H22Cl2N2O3/c1-11(25-16-5-2-13(19)10-15(16)20)18(24)22-8-6-12(7-9-22)17(23)21-14-3-4-14/h2,5,10-12,14H,3-4,6-9H2,1H3,(H,21,23). The zero-order valence-corrected chi connectivity index (χ0v) is 15.6. The number of carbonyl (C=O) groups excluding carboxylic acids is 2. The number of hydrogen-bond acceptors (Lipinski definition) is 3. The van der Waals surface area contributed by atoms with Crippen molar-refractivity contribution in [3.63, 3.8) is 0 Å². The van der Waals surface area contributed by atoms with E-state index in [1.165, 1.54) is 0 Å². The Kier molecular flexibility index (Phi) is 5.74. The van der Waals surface area contributed by atoms with Crippen molar-refractivity contribution in [2.24, 2.45) is 5.92 Å². The van der Waals surface area contributed by atoms with E-state index in [1.54, 1.807) is 30.0 Å². The van der Waals surface area contributed by atoms with Crippen LogP contribution in [0.25, 0.3) is 0 Å². The molecule has 1 saturated carbocycles. The van der Waals surface area contributed by atoms with Gasteiger partial charge in [-0.3, -0.25) is 9.59 Å². The number of nitrogens with zero attached hydrogens (tertiary/aromatic N) is 1. The highest BCUT2D eigenvalue weighted by Gasteiger charge is 2.32. The topological polar surface area (TPSA) is 58.6 Å². The Bertz CT molecular complexity index is 656. The summed E-state index contributed by atoms with van der Waals surface area (Å²) in [7, 11) is 0. The van der Waals surface area contributed by atoms with E-state index in [0.29, 0.717) is 47.8 Å². The summed E-state index contributed by atoms with van der Waals surface area (Å²) in [5.74, 6) is 0.483. The lowest BCUT2D eigenvalue weighted by molar-refractivity contribution is -0.141. The van der Waals surface area contributed by atoms with E-state index in [9.17, 15) is 9.59 Å². The molecule has 1 heterocycles. The van der Waals surface area contributed by atoms with Gasteiger partial charge >= 0.3 is 0 Å². The van der Waals surface area contributed by atoms with Crippen LogP contribution in [-0.2, 0) is 9.59 Å². The van der Waals surface area contributed by atoms with E-state index >= 15 is 0 Å². The number of nitrogens with one attached hydrogen (secondary N) is 1. The number of carbonyl (C=O) groups is 2. The second-order valence-electron chi connectivity index (χ2n) is 6.72. The Labute approximate surface area is 157 Å². The summed E-state index contributed by atoms with van der Waals surface area (Å²) in [6.45, 7) is 2.85. The van der Waals surface area contributed by atoms with Crippen LogP contribution >= 0.6 is 23.2 Å². The third kappa shape index (κ3) is 4.79. The average molecular weight is 385 g/mol. The van der Waals surface area contributed by atoms with Crippen molar-refractivity contribution in [2.75, 3.05) is 13.1 Å². The lowest BCUT2D eigenvalue weighted by Gasteiger charge is -2.33. The van der Waals surface area contributed by atoms with E-state index in [2.05, 4.69) is 5.32 Å². The summed E-state index contributed by atoms with van der Waals surface area (Å²) < 4.78 is 5.69. The first kappa shape index (κ1) is 18.3. The highest BCUT2D eigenvalue weighted by molar-refractivity contribution is 6.35. The molecule has 1 N–H and O–H groups in total. The molecule has 0 spiro atoms. The van der Waals surface area contributed by atoms with Gasteiger partial charge in [0, 0.05) is 30.1 Å². The zero-order valence-electron chi connectivity index (χ0n) is 14.1. The number of benzene rings is 1. The van der Waals surface area contributed by atoms with Gasteiger partial charge in [0.2, 0.25) is 5.91 Å². The quantitative estimate of drug-likeness (QED) is 0.847. The molecule has 7 heteroatoms. The van der Waals surface area contributed by atoms with Gasteiger partial charge in [0.05, 0.1) is 5.02 Å². The highest BCUT2D eigenvalue weighted by atomic mass is 35.5. The molecule has 2 aliphatic rings. The van der Waals surface area contributed by atoms with Gasteiger partial charge in [-0.15, -0.1) is 0 Å². The monoisotopic (exact) mass is 384 g/mol. The van der Waals surface area contributed by atoms with Crippen LogP contribution in [0.5, 0.6) is 5.75 Å². The smallest absolute Gasteiger partial charge is 0.263 e. The van der Waals surface area contributed by atoms with Crippen LogP contribution in [0.15, 0.2) is 18.2 Å². The van der Waals surface area contributed by atoms with Crippen molar-refractivity contribution in [1.82, 2.24) is 10.2 Å². The molecule has 136 valence electrons. The highest BCUT2D eigenvalue weighted by Crippen LogP contribution is 2.29. The maximum atomic E-state index is 12.6. The number of hydrogen-bond donors (Lipinski definition) is 1. The van der Waals surface area contributed by atoms with Gasteiger partial charge < -0.3 is 15.0 Å². The molecule has 0 radical (unpaired) electrons. The van der Waals surface area contributed by atoms with E-state index in [0.717, 1.165) is 12.8 Å². The van der Waals surface area contributed by atoms with Crippen molar-refractivity contribution < 1.29 is 14.3 Å². The molecule has 3 rings (SSSR count). The first-order chi connectivity index (χ1) is 11.9. The van der Waals surface area contributed by atoms with Gasteiger partial charge in [0.25, 0.3) is 5.91 Å². The molecular weight excluding hydrogens is 363 g/mol. The molecule has 1 aromatic rings. The largest absolute Gasteiger partial charge is 0.479 e. The minimum Gasteiger partial charge on any atom is -0.479 e. The summed E-state index contributed by atoms with van der Waals surface area (Å²) in [5.41, 5.74) is 0. The van der Waals surface area contributed by atoms with Crippen molar-refractivity contribution >= 4 is 35.0 Å². The number of likely N-dealkylation sites (tertiary alicyclic amines) is 1. The van der Waals surface area contributed by atoms with Crippen LogP contribution in [0.4, 0.5) is 0 Å². The molecular formula is C18H22Cl2N2O3. The van der Waals surface area contributed by atoms with Crippen LogP contribution in [0.1, 0.15) is 32.6 Å². The number of ether oxygens (including phenoxy) is 1. The summed E-state index contributed by atoms with van der Waals surface area (Å²) in [6, 6.07) is 5.29. The van der Waals surface area contributed by atoms with Gasteiger partial charge in [-0.2, -0.15) is 0 Å². The van der Waals surface area contributed by atoms with E-state index in [1.807, 2.05) is 0 Å². The van der Waals surface area contributed by atoms with E-state index in [4.69, 9.17) is 27.9 Å². The predicted molar refractivity (Wildman–Crippen MR) is 97.0 cm³/mol. The second kappa shape index (κ2) is 7.83. The Balaban J connectivity index is 1.50. The van der Waals surface area contributed by atoms with Gasteiger partial charge in [-0.25, -0.2) is 0 Å². The normalized spacial score (nSPS) is 19.4. The van der Waals surface area contributed by atoms with Crippen LogP contribution in [-0.4, -0.2) is 41.9 Å². The molecule has 1 saturated heterocycles. The fourth-order valence-electron chi connectivity index (χ4n) is 2.98. The number of halogens is 2. The second-order valence-corrected chi connectivity index (χ2v) is 7.56. The molecule has 1 aliphatic heterocycles. The molecule has 5 nitrogen and oxygen atoms in total. The first-order valence-corrected chi connectivity index (χ1v) is 9.40. The van der Waals surface area contributed by atoms with Gasteiger partial charge in [0.15, 0.2) is 6.10 Å². The summed E-state index contributed by atoms with van der Waals surface area (Å²) in [4.78, 5) is 26.4. The van der Waals surface area contributed by atoms with Crippen LogP contribution in [0.2, 0.25) is 10.0 Å². The van der Waals surface area contributed by atoms with Crippen molar-refractivity contribution in [3.05, 3.63) is 28.2 Å². The van der Waals surface area contributed by atoms with Crippen molar-refractivity contribution in [1.29, 1.82) is 0 Å². The van der Waals surface area contributed by atoms with Crippen molar-refractivity contribution in [3.8, 4) is 5.75 Å². The average Bonchev–Trinajstić information content (AvgIpc) is 3.40. The predicted octanol–water partition coefficient (Wildman–Crippen LogP) is 3.28. The van der Waals surface area contributed by atoms with E-state index in [-0.39, 0.29) is 17.7 Å². The molecule has 25 heavy (non-hydrogen) atoms. The zero-order chi connectivity index (χ0) is 18.0. The Morgan fingerprint density at radius 3 is 2.48 bits per heavy atom. The summed E-state index contributed by atoms with van der Waals surface area (Å²) >= 11 is 12.0. The molecule has 1 atom stereocenters. The maximum absolute atomic E-state index is 12.6. The fraction of sp³-hybridized carbons (Fsp3) is 0.556. The summed E-state index contributed by atoms with van der Waals surface area (Å²) in [5, 5.41) is 3.94. The Morgan fingerprint density at radius 1 is 1.20 bits per heavy atom. The lowest BCUT2D eigenvalue weighted by Crippen LogP contribution is -2.47. The van der Waals surface area contributed by atoms with Gasteiger partial charge in [-0.1, -0.05) is 23.2 Å². The number of piperidine rings is 1. The van der Waals surface area contributed by atoms with Crippen molar-refractivity contribution in [2.45, 2.75) is 44.8 Å². The molecule has 1 aliphatic carbocycles. The molecule has 2 fully saturated rings. The maximum Gasteiger partial charge on any atom is 0.263 e. The number of amides is 2. The molecule has 0 aromatic heterocycles. The first-order valence-electron chi connectivity index (χ1n) is 8.65. The Morgan fingerprint density at radius 2 is 1.88 bits per heavy atom. The summed E-state index contributed by atoms with van der Waals surface area (Å²) in [6.07, 6.45) is 2.92. The third-order valence-corrected chi connectivity index (χ3v) is 5.18. The number of rotatable bonds is 5. The molecule has 1 unspecified atom stereocenters. The molecule has 2 amide bonds. The Hall–Kier alpha value is -1.46. The minimum atomic E-state index is -0.643. The third-order valence-electron chi connectivity index (χ3n) is 4.65. The van der Waals surface area contributed by atoms with Gasteiger partial charge in [0.1, 0.15) is 5.75 Å². The minimum absolute atomic E-state index is 0.00610. The molecule has 1 aromatic carbocycles. The fourth-order valence-corrected chi connectivity index (χ4v) is 3.43. The van der Waals surface area contributed by atoms with Gasteiger partial charge in [-0.05, 0) is 50.8 Å². The van der Waals surface area contributed by atoms with Crippen LogP contribution in [0, 0.1) is 5.92 Å².